The van der Waals surface area contributed by atoms with E-state index in [4.69, 9.17) is 5.84 Å². The summed E-state index contributed by atoms with van der Waals surface area (Å²) in [4.78, 5) is 24.4. The number of nitrogens with one attached hydrogen (secondary N) is 2. The fraction of sp³-hybridized carbons (Fsp3) is 0.800. The van der Waals surface area contributed by atoms with Crippen LogP contribution in [-0.2, 0) is 9.59 Å². The molecule has 0 aromatic heterocycles. The molecular weight excluding hydrogens is 208 g/mol. The number of rotatable bonds is 7. The van der Waals surface area contributed by atoms with E-state index in [1.54, 1.807) is 14.0 Å². The lowest BCUT2D eigenvalue weighted by Crippen LogP contribution is -2.43. The Labute approximate surface area is 96.5 Å². The fourth-order valence-electron chi connectivity index (χ4n) is 1.45. The van der Waals surface area contributed by atoms with Gasteiger partial charge in [-0.15, -0.1) is 0 Å². The molecule has 0 aliphatic carbocycles. The van der Waals surface area contributed by atoms with E-state index in [0.717, 1.165) is 13.0 Å². The van der Waals surface area contributed by atoms with Crippen LogP contribution in [-0.4, -0.2) is 43.4 Å². The summed E-state index contributed by atoms with van der Waals surface area (Å²) >= 11 is 0. The first-order valence-electron chi connectivity index (χ1n) is 5.48. The van der Waals surface area contributed by atoms with Crippen LogP contribution < -0.4 is 16.6 Å². The maximum Gasteiger partial charge on any atom is 0.237 e. The van der Waals surface area contributed by atoms with Gasteiger partial charge < -0.3 is 5.32 Å². The van der Waals surface area contributed by atoms with Crippen LogP contribution in [0.3, 0.4) is 0 Å². The SMILES string of the molecule is CCCN(CC(=O)NC)CC(C)C(=O)NN. The van der Waals surface area contributed by atoms with Crippen LogP contribution in [0.1, 0.15) is 20.3 Å². The zero-order valence-corrected chi connectivity index (χ0v) is 10.2. The van der Waals surface area contributed by atoms with Gasteiger partial charge in [-0.05, 0) is 13.0 Å². The number of carbonyl (C=O) groups is 2. The number of hydrogen-bond donors (Lipinski definition) is 3. The third-order valence-corrected chi connectivity index (χ3v) is 2.31. The molecule has 0 aromatic carbocycles. The molecule has 0 aliphatic heterocycles. The first-order chi connectivity index (χ1) is 7.54. The number of nitrogens with two attached hydrogens (primary N) is 1. The molecule has 0 heterocycles. The second-order valence-corrected chi connectivity index (χ2v) is 3.82. The van der Waals surface area contributed by atoms with E-state index in [0.29, 0.717) is 13.1 Å². The largest absolute Gasteiger partial charge is 0.358 e. The molecule has 0 spiro atoms. The van der Waals surface area contributed by atoms with Crippen molar-refractivity contribution in [1.82, 2.24) is 15.6 Å². The van der Waals surface area contributed by atoms with Gasteiger partial charge >= 0.3 is 0 Å². The second-order valence-electron chi connectivity index (χ2n) is 3.82. The molecule has 0 aromatic rings. The highest BCUT2D eigenvalue weighted by Crippen LogP contribution is 2.01. The third-order valence-electron chi connectivity index (χ3n) is 2.31. The van der Waals surface area contributed by atoms with Gasteiger partial charge in [0.2, 0.25) is 11.8 Å². The minimum Gasteiger partial charge on any atom is -0.358 e. The van der Waals surface area contributed by atoms with E-state index in [-0.39, 0.29) is 17.7 Å². The highest BCUT2D eigenvalue weighted by molar-refractivity contribution is 5.79. The Hall–Kier alpha value is -1.14. The third kappa shape index (κ3) is 5.67. The zero-order valence-electron chi connectivity index (χ0n) is 10.2. The Morgan fingerprint density at radius 3 is 2.50 bits per heavy atom. The minimum absolute atomic E-state index is 0.0474. The van der Waals surface area contributed by atoms with E-state index >= 15 is 0 Å². The average Bonchev–Trinajstić information content (AvgIpc) is 2.27. The number of hydrogen-bond acceptors (Lipinski definition) is 4. The summed E-state index contributed by atoms with van der Waals surface area (Å²) in [5.74, 6) is 4.57. The summed E-state index contributed by atoms with van der Waals surface area (Å²) in [5.41, 5.74) is 2.11. The molecule has 0 saturated carbocycles. The lowest BCUT2D eigenvalue weighted by molar-refractivity contribution is -0.127. The number of hydrazine groups is 1. The molecule has 0 radical (unpaired) electrons. The second kappa shape index (κ2) is 8.06. The van der Waals surface area contributed by atoms with Gasteiger partial charge in [-0.25, -0.2) is 5.84 Å². The molecular formula is C10H22N4O2. The van der Waals surface area contributed by atoms with Gasteiger partial charge in [0.15, 0.2) is 0 Å². The molecule has 4 N–H and O–H groups in total. The zero-order chi connectivity index (χ0) is 12.6. The molecule has 0 bridgehead atoms. The van der Waals surface area contributed by atoms with Gasteiger partial charge in [-0.2, -0.15) is 0 Å². The normalized spacial score (nSPS) is 12.3. The lowest BCUT2D eigenvalue weighted by atomic mass is 10.1. The highest BCUT2D eigenvalue weighted by Gasteiger charge is 2.17. The van der Waals surface area contributed by atoms with E-state index in [9.17, 15) is 9.59 Å². The summed E-state index contributed by atoms with van der Waals surface area (Å²) in [6, 6.07) is 0. The molecule has 6 heteroatoms. The molecule has 16 heavy (non-hydrogen) atoms. The number of amides is 2. The predicted molar refractivity (Wildman–Crippen MR) is 62.3 cm³/mol. The summed E-state index contributed by atoms with van der Waals surface area (Å²) < 4.78 is 0. The van der Waals surface area contributed by atoms with Crippen molar-refractivity contribution in [3.8, 4) is 0 Å². The first-order valence-corrected chi connectivity index (χ1v) is 5.48. The van der Waals surface area contributed by atoms with Crippen LogP contribution in [0.2, 0.25) is 0 Å². The number of carbonyl (C=O) groups excluding carboxylic acids is 2. The Kier molecular flexibility index (Phi) is 7.49. The molecule has 1 atom stereocenters. The van der Waals surface area contributed by atoms with Gasteiger partial charge in [0.25, 0.3) is 0 Å². The van der Waals surface area contributed by atoms with E-state index in [2.05, 4.69) is 10.7 Å². The Bertz CT molecular complexity index is 233. The van der Waals surface area contributed by atoms with Gasteiger partial charge in [-0.1, -0.05) is 13.8 Å². The van der Waals surface area contributed by atoms with Crippen molar-refractivity contribution in [2.45, 2.75) is 20.3 Å². The summed E-state index contributed by atoms with van der Waals surface area (Å²) in [6.45, 7) is 5.45. The van der Waals surface area contributed by atoms with E-state index < -0.39 is 0 Å². The van der Waals surface area contributed by atoms with Crippen molar-refractivity contribution >= 4 is 11.8 Å². The number of nitrogens with zero attached hydrogens (tertiary/aromatic N) is 1. The molecule has 0 rings (SSSR count). The summed E-state index contributed by atoms with van der Waals surface area (Å²) in [6.07, 6.45) is 0.938. The van der Waals surface area contributed by atoms with E-state index in [1.165, 1.54) is 0 Å². The minimum atomic E-state index is -0.221. The van der Waals surface area contributed by atoms with Crippen molar-refractivity contribution in [2.24, 2.45) is 11.8 Å². The van der Waals surface area contributed by atoms with Gasteiger partial charge in [0.1, 0.15) is 0 Å². The smallest absolute Gasteiger partial charge is 0.237 e. The number of likely N-dealkylation sites (N-methyl/N-ethyl adjacent to an activating group) is 1. The van der Waals surface area contributed by atoms with Crippen LogP contribution in [0, 0.1) is 5.92 Å². The average molecular weight is 230 g/mol. The van der Waals surface area contributed by atoms with Gasteiger partial charge in [-0.3, -0.25) is 19.9 Å². The molecule has 0 saturated heterocycles. The molecule has 6 nitrogen and oxygen atoms in total. The molecule has 0 aliphatic rings. The summed E-state index contributed by atoms with van der Waals surface area (Å²) in [7, 11) is 1.60. The first kappa shape index (κ1) is 14.9. The quantitative estimate of drug-likeness (QED) is 0.299. The molecule has 94 valence electrons. The van der Waals surface area contributed by atoms with E-state index in [1.807, 2.05) is 11.8 Å². The maximum absolute atomic E-state index is 11.2. The Morgan fingerprint density at radius 2 is 2.06 bits per heavy atom. The van der Waals surface area contributed by atoms with Crippen molar-refractivity contribution in [2.75, 3.05) is 26.7 Å². The van der Waals surface area contributed by atoms with Gasteiger partial charge in [0, 0.05) is 19.5 Å². The van der Waals surface area contributed by atoms with Crippen LogP contribution in [0.4, 0.5) is 0 Å². The fourth-order valence-corrected chi connectivity index (χ4v) is 1.45. The molecule has 2 amide bonds. The monoisotopic (exact) mass is 230 g/mol. The maximum atomic E-state index is 11.2. The summed E-state index contributed by atoms with van der Waals surface area (Å²) in [5, 5.41) is 2.56. The van der Waals surface area contributed by atoms with Crippen molar-refractivity contribution < 1.29 is 9.59 Å². The topological polar surface area (TPSA) is 87.5 Å². The highest BCUT2D eigenvalue weighted by atomic mass is 16.2. The van der Waals surface area contributed by atoms with Crippen molar-refractivity contribution in [3.05, 3.63) is 0 Å². The standard InChI is InChI=1S/C10H22N4O2/c1-4-5-14(7-9(15)12-3)6-8(2)10(16)13-11/h8H,4-7,11H2,1-3H3,(H,12,15)(H,13,16). The van der Waals surface area contributed by atoms with Crippen molar-refractivity contribution in [1.29, 1.82) is 0 Å². The lowest BCUT2D eigenvalue weighted by Gasteiger charge is -2.23. The van der Waals surface area contributed by atoms with Gasteiger partial charge in [0.05, 0.1) is 6.54 Å². The molecule has 1 unspecified atom stereocenters. The van der Waals surface area contributed by atoms with Crippen LogP contribution in [0.15, 0.2) is 0 Å². The Balaban J connectivity index is 4.21. The van der Waals surface area contributed by atoms with Crippen LogP contribution >= 0.6 is 0 Å². The van der Waals surface area contributed by atoms with Crippen LogP contribution in [0.5, 0.6) is 0 Å². The van der Waals surface area contributed by atoms with Crippen molar-refractivity contribution in [3.63, 3.8) is 0 Å². The predicted octanol–water partition coefficient (Wildman–Crippen LogP) is -0.930. The van der Waals surface area contributed by atoms with Crippen LogP contribution in [0.25, 0.3) is 0 Å². The molecule has 0 fully saturated rings. The Morgan fingerprint density at radius 1 is 1.44 bits per heavy atom.